The second-order valence-corrected chi connectivity index (χ2v) is 3.47. The molecular formula is C9H3ClF5N3. The van der Waals surface area contributed by atoms with Crippen molar-refractivity contribution in [3.63, 3.8) is 0 Å². The SMILES string of the molecule is Fc1c(F)c(F)c(-n2cc(CCl)nn2)c(F)c1F. The third kappa shape index (κ3) is 1.82. The Kier molecular flexibility index (Phi) is 3.20. The van der Waals surface area contributed by atoms with Gasteiger partial charge in [0, 0.05) is 0 Å². The summed E-state index contributed by atoms with van der Waals surface area (Å²) in [5.74, 6) is -10.4. The van der Waals surface area contributed by atoms with Crippen LogP contribution in [-0.2, 0) is 5.88 Å². The lowest BCUT2D eigenvalue weighted by Gasteiger charge is -2.06. The summed E-state index contributed by atoms with van der Waals surface area (Å²) in [4.78, 5) is 0. The van der Waals surface area contributed by atoms with Crippen LogP contribution in [0.1, 0.15) is 5.69 Å². The summed E-state index contributed by atoms with van der Waals surface area (Å²) in [7, 11) is 0. The van der Waals surface area contributed by atoms with Crippen molar-refractivity contribution < 1.29 is 22.0 Å². The number of rotatable bonds is 2. The molecule has 0 aliphatic carbocycles. The first kappa shape index (κ1) is 12.7. The lowest BCUT2D eigenvalue weighted by atomic mass is 10.2. The molecule has 3 nitrogen and oxygen atoms in total. The highest BCUT2D eigenvalue weighted by atomic mass is 35.5. The molecule has 0 saturated carbocycles. The third-order valence-corrected chi connectivity index (χ3v) is 2.37. The van der Waals surface area contributed by atoms with Gasteiger partial charge in [-0.2, -0.15) is 0 Å². The highest BCUT2D eigenvalue weighted by Crippen LogP contribution is 2.25. The van der Waals surface area contributed by atoms with E-state index in [0.29, 0.717) is 4.68 Å². The molecule has 2 aromatic rings. The lowest BCUT2D eigenvalue weighted by Crippen LogP contribution is -2.10. The number of alkyl halides is 1. The van der Waals surface area contributed by atoms with Crippen LogP contribution < -0.4 is 0 Å². The smallest absolute Gasteiger partial charge is 0.200 e. The van der Waals surface area contributed by atoms with Gasteiger partial charge in [-0.05, 0) is 0 Å². The molecular weight excluding hydrogens is 281 g/mol. The molecule has 0 amide bonds. The van der Waals surface area contributed by atoms with Crippen molar-refractivity contribution in [1.82, 2.24) is 15.0 Å². The Morgan fingerprint density at radius 2 is 1.44 bits per heavy atom. The molecule has 1 heterocycles. The van der Waals surface area contributed by atoms with E-state index in [1.165, 1.54) is 0 Å². The zero-order valence-corrected chi connectivity index (χ0v) is 9.15. The normalized spacial score (nSPS) is 11.0. The van der Waals surface area contributed by atoms with Crippen molar-refractivity contribution in [2.75, 3.05) is 0 Å². The predicted octanol–water partition coefficient (Wildman–Crippen LogP) is 2.70. The number of nitrogens with zero attached hydrogens (tertiary/aromatic N) is 3. The van der Waals surface area contributed by atoms with E-state index in [0.717, 1.165) is 6.20 Å². The molecule has 0 fully saturated rings. The van der Waals surface area contributed by atoms with Crippen molar-refractivity contribution in [3.8, 4) is 5.69 Å². The van der Waals surface area contributed by atoms with E-state index >= 15 is 0 Å². The van der Waals surface area contributed by atoms with Crippen LogP contribution in [0.5, 0.6) is 0 Å². The van der Waals surface area contributed by atoms with Gasteiger partial charge in [-0.25, -0.2) is 26.6 Å². The standard InChI is InChI=1S/C9H3ClF5N3/c10-1-3-2-18(17-16-3)9-7(14)5(12)4(11)6(13)8(9)15/h2H,1H2. The minimum atomic E-state index is -2.23. The van der Waals surface area contributed by atoms with E-state index in [4.69, 9.17) is 11.6 Å². The zero-order valence-electron chi connectivity index (χ0n) is 8.39. The van der Waals surface area contributed by atoms with Crippen molar-refractivity contribution in [2.24, 2.45) is 0 Å². The summed E-state index contributed by atoms with van der Waals surface area (Å²) < 4.78 is 65.8. The van der Waals surface area contributed by atoms with Gasteiger partial charge in [-0.15, -0.1) is 16.7 Å². The van der Waals surface area contributed by atoms with Gasteiger partial charge in [0.05, 0.1) is 17.8 Å². The van der Waals surface area contributed by atoms with Crippen molar-refractivity contribution in [1.29, 1.82) is 0 Å². The van der Waals surface area contributed by atoms with Crippen LogP contribution in [0.3, 0.4) is 0 Å². The molecule has 0 radical (unpaired) electrons. The first-order chi connectivity index (χ1) is 8.47. The quantitative estimate of drug-likeness (QED) is 0.367. The molecule has 0 aliphatic rings. The minimum absolute atomic E-state index is 0.116. The maximum atomic E-state index is 13.4. The van der Waals surface area contributed by atoms with Gasteiger partial charge in [0.15, 0.2) is 23.3 Å². The highest BCUT2D eigenvalue weighted by Gasteiger charge is 2.27. The van der Waals surface area contributed by atoms with E-state index < -0.39 is 34.8 Å². The van der Waals surface area contributed by atoms with Gasteiger partial charge in [-0.3, -0.25) is 0 Å². The Hall–Kier alpha value is -1.70. The van der Waals surface area contributed by atoms with Gasteiger partial charge in [0.25, 0.3) is 0 Å². The molecule has 0 aliphatic heterocycles. The zero-order chi connectivity index (χ0) is 13.4. The van der Waals surface area contributed by atoms with Gasteiger partial charge in [0.2, 0.25) is 5.82 Å². The van der Waals surface area contributed by atoms with Gasteiger partial charge in [0.1, 0.15) is 5.69 Å². The maximum Gasteiger partial charge on any atom is 0.200 e. The Morgan fingerprint density at radius 3 is 1.89 bits per heavy atom. The number of benzene rings is 1. The fourth-order valence-electron chi connectivity index (χ4n) is 1.26. The average Bonchev–Trinajstić information content (AvgIpc) is 2.83. The molecule has 2 rings (SSSR count). The lowest BCUT2D eigenvalue weighted by molar-refractivity contribution is 0.373. The molecule has 0 unspecified atom stereocenters. The molecule has 18 heavy (non-hydrogen) atoms. The van der Waals surface area contributed by atoms with E-state index in [1.54, 1.807) is 0 Å². The maximum absolute atomic E-state index is 13.4. The number of hydrogen-bond acceptors (Lipinski definition) is 2. The summed E-state index contributed by atoms with van der Waals surface area (Å²) in [6.07, 6.45) is 0.964. The first-order valence-electron chi connectivity index (χ1n) is 4.46. The predicted molar refractivity (Wildman–Crippen MR) is 50.7 cm³/mol. The van der Waals surface area contributed by atoms with Crippen molar-refractivity contribution in [3.05, 3.63) is 41.0 Å². The molecule has 0 bridgehead atoms. The summed E-state index contributed by atoms with van der Waals surface area (Å²) in [6.45, 7) is 0. The molecule has 0 atom stereocenters. The Labute approximate surface area is 102 Å². The van der Waals surface area contributed by atoms with Crippen LogP contribution in [0.25, 0.3) is 5.69 Å². The summed E-state index contributed by atoms with van der Waals surface area (Å²) >= 11 is 5.38. The molecule has 9 heteroatoms. The topological polar surface area (TPSA) is 30.7 Å². The molecule has 1 aromatic heterocycles. The second-order valence-electron chi connectivity index (χ2n) is 3.21. The molecule has 0 saturated heterocycles. The second kappa shape index (κ2) is 4.52. The largest absolute Gasteiger partial charge is 0.214 e. The summed E-state index contributed by atoms with van der Waals surface area (Å²) in [6, 6.07) is 0. The van der Waals surface area contributed by atoms with Crippen LogP contribution in [0.15, 0.2) is 6.20 Å². The Balaban J connectivity index is 2.71. The summed E-state index contributed by atoms with van der Waals surface area (Å²) in [5.41, 5.74) is -1.07. The Bertz CT molecular complexity index is 583. The fourth-order valence-corrected chi connectivity index (χ4v) is 1.39. The van der Waals surface area contributed by atoms with E-state index in [2.05, 4.69) is 10.3 Å². The van der Waals surface area contributed by atoms with E-state index in [-0.39, 0.29) is 11.6 Å². The van der Waals surface area contributed by atoms with E-state index in [1.807, 2.05) is 0 Å². The van der Waals surface area contributed by atoms with Crippen LogP contribution in [0.2, 0.25) is 0 Å². The van der Waals surface area contributed by atoms with Gasteiger partial charge < -0.3 is 0 Å². The highest BCUT2D eigenvalue weighted by molar-refractivity contribution is 6.16. The van der Waals surface area contributed by atoms with Gasteiger partial charge >= 0.3 is 0 Å². The van der Waals surface area contributed by atoms with Crippen LogP contribution in [-0.4, -0.2) is 15.0 Å². The van der Waals surface area contributed by atoms with E-state index in [9.17, 15) is 22.0 Å². The first-order valence-corrected chi connectivity index (χ1v) is 4.99. The van der Waals surface area contributed by atoms with Gasteiger partial charge in [-0.1, -0.05) is 5.21 Å². The summed E-state index contributed by atoms with van der Waals surface area (Å²) in [5, 5.41) is 6.62. The number of aromatic nitrogens is 3. The molecule has 1 aromatic carbocycles. The van der Waals surface area contributed by atoms with Crippen LogP contribution in [0.4, 0.5) is 22.0 Å². The number of halogens is 6. The Morgan fingerprint density at radius 1 is 0.944 bits per heavy atom. The molecule has 96 valence electrons. The van der Waals surface area contributed by atoms with Crippen LogP contribution in [0, 0.1) is 29.1 Å². The minimum Gasteiger partial charge on any atom is -0.214 e. The third-order valence-electron chi connectivity index (χ3n) is 2.09. The fraction of sp³-hybridized carbons (Fsp3) is 0.111. The monoisotopic (exact) mass is 283 g/mol. The van der Waals surface area contributed by atoms with Crippen molar-refractivity contribution >= 4 is 11.6 Å². The van der Waals surface area contributed by atoms with Crippen molar-refractivity contribution in [2.45, 2.75) is 5.88 Å². The van der Waals surface area contributed by atoms with Crippen LogP contribution >= 0.6 is 11.6 Å². The average molecular weight is 284 g/mol. The molecule has 0 spiro atoms. The number of hydrogen-bond donors (Lipinski definition) is 0. The molecule has 0 N–H and O–H groups in total.